The lowest BCUT2D eigenvalue weighted by molar-refractivity contribution is 0.0702. The van der Waals surface area contributed by atoms with Crippen LogP contribution in [0.25, 0.3) is 0 Å². The summed E-state index contributed by atoms with van der Waals surface area (Å²) in [6.45, 7) is 3.07. The summed E-state index contributed by atoms with van der Waals surface area (Å²) < 4.78 is 5.22. The summed E-state index contributed by atoms with van der Waals surface area (Å²) in [5, 5.41) is 2.96. The van der Waals surface area contributed by atoms with Crippen molar-refractivity contribution in [1.29, 1.82) is 0 Å². The Kier molecular flexibility index (Phi) is 4.50. The van der Waals surface area contributed by atoms with Gasteiger partial charge in [-0.2, -0.15) is 0 Å². The molecule has 4 rings (SSSR count). The fourth-order valence-electron chi connectivity index (χ4n) is 3.39. The van der Waals surface area contributed by atoms with E-state index in [1.807, 2.05) is 49.4 Å². The fourth-order valence-corrected chi connectivity index (χ4v) is 3.39. The number of amides is 2. The fraction of sp³-hybridized carbons (Fsp3) is 0.182. The third-order valence-electron chi connectivity index (χ3n) is 4.89. The summed E-state index contributed by atoms with van der Waals surface area (Å²) in [7, 11) is 0. The van der Waals surface area contributed by atoms with Gasteiger partial charge in [-0.15, -0.1) is 0 Å². The first-order valence-electron chi connectivity index (χ1n) is 8.93. The Hall–Kier alpha value is -3.34. The summed E-state index contributed by atoms with van der Waals surface area (Å²) >= 11 is 0. The van der Waals surface area contributed by atoms with Gasteiger partial charge < -0.3 is 14.6 Å². The molecule has 0 aliphatic carbocycles. The Morgan fingerprint density at radius 3 is 2.67 bits per heavy atom. The molecule has 1 N–H and O–H groups in total. The zero-order valence-corrected chi connectivity index (χ0v) is 15.1. The van der Waals surface area contributed by atoms with E-state index in [0.29, 0.717) is 24.4 Å². The molecule has 1 aliphatic heterocycles. The van der Waals surface area contributed by atoms with Gasteiger partial charge in [0.1, 0.15) is 0 Å². The predicted octanol–water partition coefficient (Wildman–Crippen LogP) is 4.04. The summed E-state index contributed by atoms with van der Waals surface area (Å²) in [4.78, 5) is 26.8. The lowest BCUT2D eigenvalue weighted by Crippen LogP contribution is -2.35. The van der Waals surface area contributed by atoms with Crippen molar-refractivity contribution in [2.24, 2.45) is 0 Å². The maximum absolute atomic E-state index is 12.5. The van der Waals surface area contributed by atoms with E-state index in [1.54, 1.807) is 17.0 Å². The van der Waals surface area contributed by atoms with Gasteiger partial charge in [0, 0.05) is 24.3 Å². The molecule has 3 aromatic rings. The van der Waals surface area contributed by atoms with Crippen molar-refractivity contribution in [2.45, 2.75) is 19.9 Å². The van der Waals surface area contributed by atoms with Gasteiger partial charge >= 0.3 is 0 Å². The molecule has 0 fully saturated rings. The highest BCUT2D eigenvalue weighted by Crippen LogP contribution is 2.24. The van der Waals surface area contributed by atoms with E-state index in [0.717, 1.165) is 23.2 Å². The normalized spacial score (nSPS) is 13.1. The molecule has 136 valence electrons. The highest BCUT2D eigenvalue weighted by atomic mass is 16.3. The second-order valence-corrected chi connectivity index (χ2v) is 6.71. The smallest absolute Gasteiger partial charge is 0.289 e. The summed E-state index contributed by atoms with van der Waals surface area (Å²) in [5.74, 6) is 0.106. The first-order chi connectivity index (χ1) is 13.1. The van der Waals surface area contributed by atoms with Gasteiger partial charge in [0.15, 0.2) is 5.76 Å². The number of aryl methyl sites for hydroxylation is 1. The van der Waals surface area contributed by atoms with Crippen molar-refractivity contribution in [2.75, 3.05) is 11.9 Å². The average molecular weight is 360 g/mol. The highest BCUT2D eigenvalue weighted by Gasteiger charge is 2.23. The Balaban J connectivity index is 1.52. The Morgan fingerprint density at radius 1 is 1.04 bits per heavy atom. The van der Waals surface area contributed by atoms with E-state index in [4.69, 9.17) is 4.42 Å². The number of fused-ring (bicyclic) bond motifs is 1. The summed E-state index contributed by atoms with van der Waals surface area (Å²) in [5.41, 5.74) is 4.57. The number of nitrogens with zero attached hydrogens (tertiary/aromatic N) is 1. The molecular formula is C22H20N2O3. The van der Waals surface area contributed by atoms with E-state index >= 15 is 0 Å². The first kappa shape index (κ1) is 17.1. The van der Waals surface area contributed by atoms with Crippen molar-refractivity contribution in [1.82, 2.24) is 4.90 Å². The van der Waals surface area contributed by atoms with Gasteiger partial charge in [-0.3, -0.25) is 9.59 Å². The third kappa shape index (κ3) is 3.49. The van der Waals surface area contributed by atoms with Crippen molar-refractivity contribution < 1.29 is 14.0 Å². The number of nitrogens with one attached hydrogen (secondary N) is 1. The third-order valence-corrected chi connectivity index (χ3v) is 4.89. The van der Waals surface area contributed by atoms with Crippen LogP contribution in [-0.2, 0) is 13.0 Å². The summed E-state index contributed by atoms with van der Waals surface area (Å²) in [6.07, 6.45) is 2.29. The molecule has 2 amide bonds. The lowest BCUT2D eigenvalue weighted by atomic mass is 9.98. The van der Waals surface area contributed by atoms with Crippen molar-refractivity contribution in [3.8, 4) is 0 Å². The van der Waals surface area contributed by atoms with Crippen molar-refractivity contribution in [3.05, 3.63) is 88.9 Å². The molecule has 27 heavy (non-hydrogen) atoms. The van der Waals surface area contributed by atoms with Crippen molar-refractivity contribution >= 4 is 17.5 Å². The van der Waals surface area contributed by atoms with Crippen LogP contribution in [0.4, 0.5) is 5.69 Å². The second kappa shape index (κ2) is 7.11. The van der Waals surface area contributed by atoms with E-state index < -0.39 is 0 Å². The van der Waals surface area contributed by atoms with Gasteiger partial charge in [-0.25, -0.2) is 0 Å². The number of hydrogen-bond donors (Lipinski definition) is 1. The molecule has 2 heterocycles. The maximum atomic E-state index is 12.5. The zero-order chi connectivity index (χ0) is 18.8. The predicted molar refractivity (Wildman–Crippen MR) is 103 cm³/mol. The molecule has 0 radical (unpaired) electrons. The SMILES string of the molecule is Cc1ccccc1C(=O)Nc1ccc2c(c1)CN(C(=O)c1ccco1)CC2. The molecule has 0 bridgehead atoms. The molecule has 0 spiro atoms. The molecule has 0 saturated heterocycles. The van der Waals surface area contributed by atoms with E-state index in [9.17, 15) is 9.59 Å². The van der Waals surface area contributed by atoms with Gasteiger partial charge in [0.2, 0.25) is 0 Å². The maximum Gasteiger partial charge on any atom is 0.289 e. The van der Waals surface area contributed by atoms with E-state index in [2.05, 4.69) is 5.32 Å². The number of furan rings is 1. The van der Waals surface area contributed by atoms with Gasteiger partial charge in [0.05, 0.1) is 6.26 Å². The van der Waals surface area contributed by atoms with Crippen LogP contribution in [0.2, 0.25) is 0 Å². The number of carbonyl (C=O) groups is 2. The molecule has 5 heteroatoms. The minimum Gasteiger partial charge on any atom is -0.459 e. The number of hydrogen-bond acceptors (Lipinski definition) is 3. The van der Waals surface area contributed by atoms with Gasteiger partial charge in [-0.1, -0.05) is 24.3 Å². The quantitative estimate of drug-likeness (QED) is 0.767. The molecule has 0 atom stereocenters. The van der Waals surface area contributed by atoms with Crippen LogP contribution in [0, 0.1) is 6.92 Å². The first-order valence-corrected chi connectivity index (χ1v) is 8.93. The molecular weight excluding hydrogens is 340 g/mol. The molecule has 0 unspecified atom stereocenters. The lowest BCUT2D eigenvalue weighted by Gasteiger charge is -2.28. The Labute approximate surface area is 157 Å². The van der Waals surface area contributed by atoms with Crippen LogP contribution in [0.3, 0.4) is 0 Å². The van der Waals surface area contributed by atoms with Crippen LogP contribution in [0.15, 0.2) is 65.3 Å². The van der Waals surface area contributed by atoms with Gasteiger partial charge in [-0.05, 0) is 60.4 Å². The monoisotopic (exact) mass is 360 g/mol. The van der Waals surface area contributed by atoms with Crippen LogP contribution < -0.4 is 5.32 Å². The molecule has 2 aromatic carbocycles. The van der Waals surface area contributed by atoms with E-state index in [1.165, 1.54) is 11.8 Å². The zero-order valence-electron chi connectivity index (χ0n) is 15.1. The number of rotatable bonds is 3. The second-order valence-electron chi connectivity index (χ2n) is 6.71. The molecule has 0 saturated carbocycles. The highest BCUT2D eigenvalue weighted by molar-refractivity contribution is 6.05. The summed E-state index contributed by atoms with van der Waals surface area (Å²) in [6, 6.07) is 16.8. The number of benzene rings is 2. The van der Waals surface area contributed by atoms with Crippen LogP contribution in [-0.4, -0.2) is 23.3 Å². The Bertz CT molecular complexity index is 993. The van der Waals surface area contributed by atoms with Gasteiger partial charge in [0.25, 0.3) is 11.8 Å². The van der Waals surface area contributed by atoms with E-state index in [-0.39, 0.29) is 11.8 Å². The molecule has 1 aliphatic rings. The Morgan fingerprint density at radius 2 is 1.89 bits per heavy atom. The minimum absolute atomic E-state index is 0.111. The average Bonchev–Trinajstić information content (AvgIpc) is 3.22. The van der Waals surface area contributed by atoms with Crippen molar-refractivity contribution in [3.63, 3.8) is 0 Å². The number of carbonyl (C=O) groups excluding carboxylic acids is 2. The standard InChI is InChI=1S/C22H20N2O3/c1-15-5-2-3-6-19(15)21(25)23-18-9-8-16-10-11-24(14-17(16)13-18)22(26)20-7-4-12-27-20/h2-9,12-13H,10-11,14H2,1H3,(H,23,25). The topological polar surface area (TPSA) is 62.6 Å². The van der Waals surface area contributed by atoms with Crippen LogP contribution >= 0.6 is 0 Å². The largest absolute Gasteiger partial charge is 0.459 e. The number of anilines is 1. The van der Waals surface area contributed by atoms with Crippen LogP contribution in [0.1, 0.15) is 37.6 Å². The van der Waals surface area contributed by atoms with Crippen LogP contribution in [0.5, 0.6) is 0 Å². The minimum atomic E-state index is -0.132. The molecule has 1 aromatic heterocycles. The molecule has 5 nitrogen and oxygen atoms in total.